The summed E-state index contributed by atoms with van der Waals surface area (Å²) in [5.74, 6) is 0.654. The maximum atomic E-state index is 10.1. The molecule has 5 nitrogen and oxygen atoms in total. The first kappa shape index (κ1) is 15.3. The highest BCUT2D eigenvalue weighted by molar-refractivity contribution is 7.99. The lowest BCUT2D eigenvalue weighted by Crippen LogP contribution is -2.00. The number of aromatic hydroxyl groups is 3. The van der Waals surface area contributed by atoms with Crippen molar-refractivity contribution in [1.29, 1.82) is 0 Å². The Balaban J connectivity index is 2.06. The molecule has 1 unspecified atom stereocenters. The molecule has 0 radical (unpaired) electrons. The fraction of sp³-hybridized carbons (Fsp3) is 0.200. The van der Waals surface area contributed by atoms with Crippen LogP contribution in [0.4, 0.5) is 0 Å². The zero-order chi connectivity index (χ0) is 15.4. The number of phenolic OH excluding ortho intramolecular Hbond substituents is 3. The van der Waals surface area contributed by atoms with Crippen LogP contribution in [0.3, 0.4) is 0 Å². The van der Waals surface area contributed by atoms with Crippen molar-refractivity contribution >= 4 is 11.8 Å². The SMILES string of the molecule is COc1ccc(C(O)CSc2cc(O)ccc2O)cc1O. The lowest BCUT2D eigenvalue weighted by Gasteiger charge is -2.13. The summed E-state index contributed by atoms with van der Waals surface area (Å²) in [6.45, 7) is 0. The van der Waals surface area contributed by atoms with Crippen molar-refractivity contribution in [3.05, 3.63) is 42.0 Å². The first-order valence-electron chi connectivity index (χ1n) is 6.21. The standard InChI is InChI=1S/C15H16O5S/c1-20-14-5-2-9(6-12(14)18)13(19)8-21-15-7-10(16)3-4-11(15)17/h2-7,13,16-19H,8H2,1H3. The van der Waals surface area contributed by atoms with Crippen LogP contribution in [-0.2, 0) is 0 Å². The Morgan fingerprint density at radius 2 is 1.81 bits per heavy atom. The van der Waals surface area contributed by atoms with E-state index in [0.717, 1.165) is 0 Å². The maximum absolute atomic E-state index is 10.1. The molecule has 0 aliphatic heterocycles. The van der Waals surface area contributed by atoms with E-state index in [4.69, 9.17) is 4.74 Å². The molecule has 21 heavy (non-hydrogen) atoms. The maximum Gasteiger partial charge on any atom is 0.160 e. The van der Waals surface area contributed by atoms with E-state index in [2.05, 4.69) is 0 Å². The Labute approximate surface area is 126 Å². The van der Waals surface area contributed by atoms with Crippen LogP contribution >= 0.6 is 11.8 Å². The fourth-order valence-corrected chi connectivity index (χ4v) is 2.75. The molecule has 0 saturated carbocycles. The van der Waals surface area contributed by atoms with Gasteiger partial charge in [0.25, 0.3) is 0 Å². The van der Waals surface area contributed by atoms with Crippen LogP contribution in [0.15, 0.2) is 41.3 Å². The average molecular weight is 308 g/mol. The van der Waals surface area contributed by atoms with E-state index in [1.54, 1.807) is 12.1 Å². The summed E-state index contributed by atoms with van der Waals surface area (Å²) in [6, 6.07) is 8.88. The van der Waals surface area contributed by atoms with Crippen molar-refractivity contribution < 1.29 is 25.2 Å². The number of hydrogen-bond acceptors (Lipinski definition) is 6. The third kappa shape index (κ3) is 3.74. The molecule has 0 saturated heterocycles. The van der Waals surface area contributed by atoms with Gasteiger partial charge in [-0.05, 0) is 35.9 Å². The number of ether oxygens (including phenoxy) is 1. The summed E-state index contributed by atoms with van der Waals surface area (Å²) in [5, 5.41) is 38.8. The predicted molar refractivity (Wildman–Crippen MR) is 80.1 cm³/mol. The number of rotatable bonds is 5. The van der Waals surface area contributed by atoms with E-state index in [-0.39, 0.29) is 23.0 Å². The second kappa shape index (κ2) is 6.60. The molecule has 0 heterocycles. The molecular weight excluding hydrogens is 292 g/mol. The van der Waals surface area contributed by atoms with Gasteiger partial charge in [0, 0.05) is 5.75 Å². The lowest BCUT2D eigenvalue weighted by molar-refractivity contribution is 0.203. The number of aliphatic hydroxyl groups is 1. The van der Waals surface area contributed by atoms with Crippen molar-refractivity contribution in [2.24, 2.45) is 0 Å². The van der Waals surface area contributed by atoms with Gasteiger partial charge in [-0.2, -0.15) is 0 Å². The van der Waals surface area contributed by atoms with Crippen molar-refractivity contribution in [2.45, 2.75) is 11.0 Å². The number of aliphatic hydroxyl groups excluding tert-OH is 1. The van der Waals surface area contributed by atoms with Gasteiger partial charge in [0.2, 0.25) is 0 Å². The van der Waals surface area contributed by atoms with Crippen LogP contribution < -0.4 is 4.74 Å². The minimum absolute atomic E-state index is 0.0424. The van der Waals surface area contributed by atoms with Gasteiger partial charge in [0.15, 0.2) is 11.5 Å². The van der Waals surface area contributed by atoms with Crippen LogP contribution in [0.25, 0.3) is 0 Å². The second-order valence-electron chi connectivity index (χ2n) is 4.41. The molecule has 2 rings (SSSR count). The van der Waals surface area contributed by atoms with Crippen molar-refractivity contribution in [3.8, 4) is 23.0 Å². The van der Waals surface area contributed by atoms with Gasteiger partial charge in [-0.1, -0.05) is 6.07 Å². The van der Waals surface area contributed by atoms with Crippen LogP contribution in [0.2, 0.25) is 0 Å². The Kier molecular flexibility index (Phi) is 4.82. The number of phenols is 3. The topological polar surface area (TPSA) is 90.2 Å². The van der Waals surface area contributed by atoms with E-state index in [0.29, 0.717) is 16.2 Å². The van der Waals surface area contributed by atoms with Gasteiger partial charge in [-0.3, -0.25) is 0 Å². The fourth-order valence-electron chi connectivity index (χ4n) is 1.80. The van der Waals surface area contributed by atoms with E-state index in [9.17, 15) is 20.4 Å². The summed E-state index contributed by atoms with van der Waals surface area (Å²) in [6.07, 6.45) is -0.825. The van der Waals surface area contributed by atoms with E-state index >= 15 is 0 Å². The van der Waals surface area contributed by atoms with Gasteiger partial charge in [0.05, 0.1) is 18.1 Å². The molecule has 0 aliphatic rings. The van der Waals surface area contributed by atoms with Crippen LogP contribution in [-0.4, -0.2) is 33.3 Å². The van der Waals surface area contributed by atoms with Gasteiger partial charge in [-0.15, -0.1) is 11.8 Å². The normalized spacial score (nSPS) is 12.1. The molecule has 0 aliphatic carbocycles. The summed E-state index contributed by atoms with van der Waals surface area (Å²) in [5.41, 5.74) is 0.542. The van der Waals surface area contributed by atoms with Crippen molar-refractivity contribution in [1.82, 2.24) is 0 Å². The molecule has 4 N–H and O–H groups in total. The monoisotopic (exact) mass is 308 g/mol. The molecule has 6 heteroatoms. The molecular formula is C15H16O5S. The molecule has 0 spiro atoms. The second-order valence-corrected chi connectivity index (χ2v) is 5.47. The molecule has 0 amide bonds. The molecule has 0 fully saturated rings. The van der Waals surface area contributed by atoms with E-state index in [1.165, 1.54) is 43.1 Å². The minimum atomic E-state index is -0.825. The van der Waals surface area contributed by atoms with Gasteiger partial charge < -0.3 is 25.2 Å². The first-order valence-corrected chi connectivity index (χ1v) is 7.19. The summed E-state index contributed by atoms with van der Waals surface area (Å²) < 4.78 is 4.94. The first-order chi connectivity index (χ1) is 10.0. The largest absolute Gasteiger partial charge is 0.508 e. The molecule has 1 atom stereocenters. The molecule has 0 bridgehead atoms. The van der Waals surface area contributed by atoms with Crippen molar-refractivity contribution in [3.63, 3.8) is 0 Å². The van der Waals surface area contributed by atoms with Crippen LogP contribution in [0.1, 0.15) is 11.7 Å². The molecule has 2 aromatic rings. The third-order valence-electron chi connectivity index (χ3n) is 2.93. The van der Waals surface area contributed by atoms with Crippen LogP contribution in [0, 0.1) is 0 Å². The summed E-state index contributed by atoms with van der Waals surface area (Å²) >= 11 is 1.21. The number of benzene rings is 2. The minimum Gasteiger partial charge on any atom is -0.508 e. The predicted octanol–water partition coefficient (Wildman–Crippen LogP) is 2.64. The van der Waals surface area contributed by atoms with Crippen molar-refractivity contribution in [2.75, 3.05) is 12.9 Å². The Hall–Kier alpha value is -2.05. The smallest absolute Gasteiger partial charge is 0.160 e. The lowest BCUT2D eigenvalue weighted by atomic mass is 10.1. The zero-order valence-electron chi connectivity index (χ0n) is 11.4. The Morgan fingerprint density at radius 1 is 1.05 bits per heavy atom. The summed E-state index contributed by atoms with van der Waals surface area (Å²) in [7, 11) is 1.45. The highest BCUT2D eigenvalue weighted by atomic mass is 32.2. The Morgan fingerprint density at radius 3 is 2.48 bits per heavy atom. The quantitative estimate of drug-likeness (QED) is 0.501. The zero-order valence-corrected chi connectivity index (χ0v) is 12.2. The number of hydrogen-bond donors (Lipinski definition) is 4. The highest BCUT2D eigenvalue weighted by Crippen LogP contribution is 2.35. The van der Waals surface area contributed by atoms with E-state index in [1.807, 2.05) is 0 Å². The van der Waals surface area contributed by atoms with Crippen LogP contribution in [0.5, 0.6) is 23.0 Å². The highest BCUT2D eigenvalue weighted by Gasteiger charge is 2.13. The van der Waals surface area contributed by atoms with Gasteiger partial charge in [0.1, 0.15) is 11.5 Å². The van der Waals surface area contributed by atoms with Gasteiger partial charge >= 0.3 is 0 Å². The summed E-state index contributed by atoms with van der Waals surface area (Å²) in [4.78, 5) is 0.479. The third-order valence-corrected chi connectivity index (χ3v) is 4.05. The molecule has 112 valence electrons. The average Bonchev–Trinajstić information content (AvgIpc) is 2.47. The molecule has 2 aromatic carbocycles. The number of methoxy groups -OCH3 is 1. The Bertz CT molecular complexity index is 629. The number of thioether (sulfide) groups is 1. The van der Waals surface area contributed by atoms with E-state index < -0.39 is 6.10 Å². The molecule has 0 aromatic heterocycles. The van der Waals surface area contributed by atoms with Gasteiger partial charge in [-0.25, -0.2) is 0 Å².